The number of rotatable bonds is 1. The minimum atomic E-state index is 0.787. The maximum atomic E-state index is 4.18. The lowest BCUT2D eigenvalue weighted by Crippen LogP contribution is -1.97. The van der Waals surface area contributed by atoms with E-state index < -0.39 is 0 Å². The van der Waals surface area contributed by atoms with Gasteiger partial charge in [0.25, 0.3) is 0 Å². The highest BCUT2D eigenvalue weighted by atomic mass is 32.1. The highest BCUT2D eigenvalue weighted by Gasteiger charge is 2.12. The smallest absolute Gasteiger partial charge is 0.206 e. The Morgan fingerprint density at radius 1 is 1.33 bits per heavy atom. The number of thiophene rings is 1. The Bertz CT molecular complexity index is 379. The zero-order valence-corrected chi connectivity index (χ0v) is 7.16. The Morgan fingerprint density at radius 2 is 2.33 bits per heavy atom. The van der Waals surface area contributed by atoms with Crippen LogP contribution in [-0.4, -0.2) is 18.3 Å². The zero-order valence-electron chi connectivity index (χ0n) is 6.34. The number of nitrogens with zero attached hydrogens (tertiary/aromatic N) is 2. The molecule has 12 heavy (non-hydrogen) atoms. The van der Waals surface area contributed by atoms with Crippen LogP contribution in [0.1, 0.15) is 4.88 Å². The van der Waals surface area contributed by atoms with Crippen molar-refractivity contribution in [3.63, 3.8) is 0 Å². The molecule has 0 N–H and O–H groups in total. The van der Waals surface area contributed by atoms with E-state index in [2.05, 4.69) is 9.66 Å². The Kier molecular flexibility index (Phi) is 1.99. The molecule has 0 radical (unpaired) electrons. The second-order valence-electron chi connectivity index (χ2n) is 2.24. The lowest BCUT2D eigenvalue weighted by Gasteiger charge is -1.76. The average Bonchev–Trinajstić information content (AvgIpc) is 2.48. The minimum absolute atomic E-state index is 0.787. The topological polar surface area (TPSA) is 26.5 Å². The Labute approximate surface area is 74.3 Å². The van der Waals surface area contributed by atoms with Gasteiger partial charge < -0.3 is 0 Å². The number of amidine groups is 1. The van der Waals surface area contributed by atoms with Gasteiger partial charge in [-0.3, -0.25) is 0 Å². The van der Waals surface area contributed by atoms with Crippen molar-refractivity contribution >= 4 is 29.6 Å². The SMILES string of the molecule is C1=CC=[N+]=C(c2cccs2)N=C1. The first-order valence-electron chi connectivity index (χ1n) is 3.61. The third-order valence-electron chi connectivity index (χ3n) is 1.42. The molecule has 0 spiro atoms. The summed E-state index contributed by atoms with van der Waals surface area (Å²) in [6.07, 6.45) is 7.23. The molecule has 1 aromatic heterocycles. The third kappa shape index (κ3) is 1.42. The molecule has 0 bridgehead atoms. The van der Waals surface area contributed by atoms with Gasteiger partial charge in [-0.25, -0.2) is 4.67 Å². The van der Waals surface area contributed by atoms with Gasteiger partial charge in [0.15, 0.2) is 6.21 Å². The average molecular weight is 175 g/mol. The fraction of sp³-hybridized carbons (Fsp3) is 0. The number of allylic oxidation sites excluding steroid dienone is 2. The summed E-state index contributed by atoms with van der Waals surface area (Å²) < 4.78 is 4.18. The molecule has 3 heteroatoms. The Morgan fingerprint density at radius 3 is 3.17 bits per heavy atom. The van der Waals surface area contributed by atoms with Gasteiger partial charge in [0.2, 0.25) is 0 Å². The number of aliphatic imine (C=N–C) groups is 1. The summed E-state index contributed by atoms with van der Waals surface area (Å²) in [5.74, 6) is 0.787. The van der Waals surface area contributed by atoms with E-state index >= 15 is 0 Å². The van der Waals surface area contributed by atoms with E-state index in [4.69, 9.17) is 0 Å². The van der Waals surface area contributed by atoms with Crippen LogP contribution in [0.2, 0.25) is 0 Å². The van der Waals surface area contributed by atoms with Crippen LogP contribution >= 0.6 is 11.3 Å². The van der Waals surface area contributed by atoms with Gasteiger partial charge in [0.1, 0.15) is 11.1 Å². The van der Waals surface area contributed by atoms with Gasteiger partial charge >= 0.3 is 5.84 Å². The standard InChI is InChI=1S/C9H7N2S/c1-2-6-11-9(10-5-1)8-4-3-7-12-8/h1-7H/q+1. The zero-order chi connectivity index (χ0) is 8.23. The number of hydrogen-bond acceptors (Lipinski definition) is 2. The van der Waals surface area contributed by atoms with Crippen LogP contribution < -0.4 is 4.67 Å². The molecule has 1 aromatic rings. The van der Waals surface area contributed by atoms with Crippen LogP contribution in [0.4, 0.5) is 0 Å². The van der Waals surface area contributed by atoms with Crippen LogP contribution in [0.25, 0.3) is 0 Å². The van der Waals surface area contributed by atoms with Gasteiger partial charge in [0, 0.05) is 0 Å². The van der Waals surface area contributed by atoms with Crippen molar-refractivity contribution in [3.05, 3.63) is 34.5 Å². The van der Waals surface area contributed by atoms with Crippen molar-refractivity contribution in [1.29, 1.82) is 0 Å². The molecule has 0 aliphatic carbocycles. The van der Waals surface area contributed by atoms with Crippen molar-refractivity contribution in [2.75, 3.05) is 0 Å². The van der Waals surface area contributed by atoms with E-state index in [0.29, 0.717) is 0 Å². The lowest BCUT2D eigenvalue weighted by molar-refractivity contribution is 1.57. The Hall–Kier alpha value is -1.44. The second kappa shape index (κ2) is 3.30. The van der Waals surface area contributed by atoms with Gasteiger partial charge in [-0.15, -0.1) is 11.3 Å². The predicted molar refractivity (Wildman–Crippen MR) is 54.3 cm³/mol. The van der Waals surface area contributed by atoms with E-state index in [1.807, 2.05) is 29.7 Å². The summed E-state index contributed by atoms with van der Waals surface area (Å²) in [5.41, 5.74) is 0. The summed E-state index contributed by atoms with van der Waals surface area (Å²) in [6.45, 7) is 0. The van der Waals surface area contributed by atoms with Crippen molar-refractivity contribution in [3.8, 4) is 0 Å². The van der Waals surface area contributed by atoms with E-state index in [-0.39, 0.29) is 0 Å². The Balaban J connectivity index is 2.43. The van der Waals surface area contributed by atoms with Crippen molar-refractivity contribution in [2.45, 2.75) is 0 Å². The van der Waals surface area contributed by atoms with Crippen LogP contribution in [-0.2, 0) is 0 Å². The molecular formula is C9H7N2S+. The van der Waals surface area contributed by atoms with E-state index in [0.717, 1.165) is 10.7 Å². The highest BCUT2D eigenvalue weighted by molar-refractivity contribution is 7.12. The molecule has 0 amide bonds. The van der Waals surface area contributed by atoms with E-state index in [1.54, 1.807) is 23.8 Å². The molecule has 0 saturated carbocycles. The van der Waals surface area contributed by atoms with Crippen LogP contribution in [0.5, 0.6) is 0 Å². The molecule has 2 heterocycles. The lowest BCUT2D eigenvalue weighted by atomic mass is 10.4. The maximum Gasteiger partial charge on any atom is 0.431 e. The fourth-order valence-corrected chi connectivity index (χ4v) is 1.56. The normalized spacial score (nSPS) is 14.5. The monoisotopic (exact) mass is 175 g/mol. The molecule has 2 rings (SSSR count). The van der Waals surface area contributed by atoms with E-state index in [1.165, 1.54) is 0 Å². The quantitative estimate of drug-likeness (QED) is 0.575. The molecule has 2 nitrogen and oxygen atoms in total. The third-order valence-corrected chi connectivity index (χ3v) is 2.28. The van der Waals surface area contributed by atoms with Gasteiger partial charge in [0.05, 0.1) is 0 Å². The second-order valence-corrected chi connectivity index (χ2v) is 3.19. The summed E-state index contributed by atoms with van der Waals surface area (Å²) >= 11 is 1.65. The summed E-state index contributed by atoms with van der Waals surface area (Å²) in [4.78, 5) is 5.29. The molecule has 1 aliphatic heterocycles. The van der Waals surface area contributed by atoms with Crippen LogP contribution in [0, 0.1) is 0 Å². The van der Waals surface area contributed by atoms with Crippen molar-refractivity contribution in [2.24, 2.45) is 4.99 Å². The van der Waals surface area contributed by atoms with Gasteiger partial charge in [-0.1, -0.05) is 6.07 Å². The first-order chi connectivity index (χ1) is 5.97. The summed E-state index contributed by atoms with van der Waals surface area (Å²) in [7, 11) is 0. The summed E-state index contributed by atoms with van der Waals surface area (Å²) in [6, 6.07) is 4.01. The molecule has 0 fully saturated rings. The first kappa shape index (κ1) is 7.22. The number of hydrogen-bond donors (Lipinski definition) is 0. The summed E-state index contributed by atoms with van der Waals surface area (Å²) in [5, 5.41) is 2.02. The highest BCUT2D eigenvalue weighted by Crippen LogP contribution is 2.08. The maximum absolute atomic E-state index is 4.18. The first-order valence-corrected chi connectivity index (χ1v) is 4.49. The van der Waals surface area contributed by atoms with Gasteiger partial charge in [-0.2, -0.15) is 0 Å². The fourth-order valence-electron chi connectivity index (χ4n) is 0.893. The molecular weight excluding hydrogens is 168 g/mol. The van der Waals surface area contributed by atoms with Crippen LogP contribution in [0.3, 0.4) is 0 Å². The van der Waals surface area contributed by atoms with E-state index in [9.17, 15) is 0 Å². The molecule has 0 atom stereocenters. The van der Waals surface area contributed by atoms with Crippen molar-refractivity contribution in [1.82, 2.24) is 4.67 Å². The van der Waals surface area contributed by atoms with Crippen LogP contribution in [0.15, 0.2) is 34.7 Å². The largest absolute Gasteiger partial charge is 0.431 e. The molecule has 0 unspecified atom stereocenters. The molecule has 0 saturated heterocycles. The molecule has 0 aromatic carbocycles. The molecule has 58 valence electrons. The van der Waals surface area contributed by atoms with Gasteiger partial charge in [-0.05, 0) is 28.6 Å². The minimum Gasteiger partial charge on any atom is -0.206 e. The molecule has 1 aliphatic rings. The predicted octanol–water partition coefficient (Wildman–Crippen LogP) is 1.27. The van der Waals surface area contributed by atoms with Crippen molar-refractivity contribution < 1.29 is 0 Å².